The second-order valence-corrected chi connectivity index (χ2v) is 7.00. The molecule has 0 amide bonds. The third-order valence-electron chi connectivity index (χ3n) is 4.74. The van der Waals surface area contributed by atoms with Gasteiger partial charge in [0.1, 0.15) is 0 Å². The molecule has 0 aliphatic carbocycles. The van der Waals surface area contributed by atoms with E-state index >= 15 is 0 Å². The Labute approximate surface area is 169 Å². The van der Waals surface area contributed by atoms with E-state index in [4.69, 9.17) is 25.3 Å². The van der Waals surface area contributed by atoms with Crippen molar-refractivity contribution in [2.45, 2.75) is 27.7 Å². The lowest BCUT2D eigenvalue weighted by Crippen LogP contribution is -2.24. The minimum Gasteiger partial charge on any atom is -0.372 e. The molecule has 0 atom stereocenters. The lowest BCUT2D eigenvalue weighted by Gasteiger charge is -2.28. The van der Waals surface area contributed by atoms with Gasteiger partial charge in [-0.1, -0.05) is 30.3 Å². The van der Waals surface area contributed by atoms with Crippen molar-refractivity contribution in [1.82, 2.24) is 0 Å². The number of hydrogen-bond donors (Lipinski definition) is 2. The zero-order valence-corrected chi connectivity index (χ0v) is 18.0. The fourth-order valence-electron chi connectivity index (χ4n) is 3.20. The molecule has 0 spiro atoms. The summed E-state index contributed by atoms with van der Waals surface area (Å²) in [7, 11) is 0. The average molecular weight is 387 g/mol. The van der Waals surface area contributed by atoms with Crippen molar-refractivity contribution in [3.05, 3.63) is 59.7 Å². The molecule has 0 unspecified atom stereocenters. The molecule has 0 N–H and O–H groups in total. The quantitative estimate of drug-likeness (QED) is 0.420. The monoisotopic (exact) mass is 386 g/mol. The van der Waals surface area contributed by atoms with Crippen molar-refractivity contribution in [2.75, 3.05) is 36.0 Å². The maximum atomic E-state index is 4.90. The van der Waals surface area contributed by atoms with Gasteiger partial charge in [0.2, 0.25) is 0 Å². The first-order valence-electron chi connectivity index (χ1n) is 9.39. The van der Waals surface area contributed by atoms with Crippen LogP contribution in [-0.4, -0.2) is 26.2 Å². The molecule has 2 aromatic rings. The van der Waals surface area contributed by atoms with E-state index in [0.29, 0.717) is 0 Å². The Kier molecular flexibility index (Phi) is 7.98. The van der Waals surface area contributed by atoms with Crippen LogP contribution in [0.1, 0.15) is 38.8 Å². The molecule has 0 aromatic heterocycles. The van der Waals surface area contributed by atoms with Gasteiger partial charge in [0.25, 0.3) is 0 Å². The molecular weight excluding hydrogens is 356 g/mol. The van der Waals surface area contributed by atoms with E-state index in [2.05, 4.69) is 67.8 Å². The molecule has 140 valence electrons. The van der Waals surface area contributed by atoms with E-state index in [1.807, 2.05) is 18.2 Å². The van der Waals surface area contributed by atoms with Gasteiger partial charge in [0, 0.05) is 52.9 Å². The Morgan fingerprint density at radius 2 is 1.31 bits per heavy atom. The lowest BCUT2D eigenvalue weighted by molar-refractivity contribution is 0.855. The topological polar surface area (TPSA) is 6.48 Å². The van der Waals surface area contributed by atoms with Crippen molar-refractivity contribution >= 4 is 46.4 Å². The molecule has 0 saturated carbocycles. The van der Waals surface area contributed by atoms with Gasteiger partial charge >= 0.3 is 0 Å². The predicted octanol–water partition coefficient (Wildman–Crippen LogP) is 6.06. The molecule has 0 aliphatic heterocycles. The Hall–Kier alpha value is -1.52. The molecule has 2 aromatic carbocycles. The van der Waals surface area contributed by atoms with Crippen molar-refractivity contribution < 1.29 is 0 Å². The molecule has 0 bridgehead atoms. The molecule has 26 heavy (non-hydrogen) atoms. The third-order valence-corrected chi connectivity index (χ3v) is 5.86. The minimum absolute atomic E-state index is 0.902. The summed E-state index contributed by atoms with van der Waals surface area (Å²) in [6.45, 7) is 12.6. The van der Waals surface area contributed by atoms with Gasteiger partial charge in [-0.05, 0) is 51.5 Å². The highest BCUT2D eigenvalue weighted by Crippen LogP contribution is 2.39. The molecule has 4 heteroatoms. The van der Waals surface area contributed by atoms with E-state index in [-0.39, 0.29) is 0 Å². The van der Waals surface area contributed by atoms with Crippen LogP contribution in [0.4, 0.5) is 11.4 Å². The van der Waals surface area contributed by atoms with Crippen molar-refractivity contribution in [1.29, 1.82) is 0 Å². The van der Waals surface area contributed by atoms with Crippen LogP contribution in [0.15, 0.2) is 48.5 Å². The smallest absolute Gasteiger partial charge is 0.0452 e. The maximum absolute atomic E-state index is 4.90. The Balaban J connectivity index is 2.63. The second kappa shape index (κ2) is 9.98. The summed E-state index contributed by atoms with van der Waals surface area (Å²) in [5.41, 5.74) is 4.65. The summed E-state index contributed by atoms with van der Waals surface area (Å²) in [4.78, 5) is 6.54. The van der Waals surface area contributed by atoms with Crippen LogP contribution in [-0.2, 0) is 0 Å². The summed E-state index contributed by atoms with van der Waals surface area (Å²) in [6, 6.07) is 16.9. The maximum Gasteiger partial charge on any atom is 0.0452 e. The van der Waals surface area contributed by atoms with Crippen molar-refractivity contribution in [3.63, 3.8) is 0 Å². The first kappa shape index (κ1) is 20.8. The number of nitrogens with zero attached hydrogens (tertiary/aromatic N) is 2. The standard InChI is InChI=1S/C22H30N2S2/c1-5-23(6-2)18-14-15-20(24(7-3)8-4)19(16-18)22(26)21(25)17-12-10-9-11-13-17/h9-16,25-26H,5-8H2,1-4H3/b22-21-. The summed E-state index contributed by atoms with van der Waals surface area (Å²) < 4.78 is 0. The van der Waals surface area contributed by atoms with E-state index in [1.54, 1.807) is 0 Å². The Morgan fingerprint density at radius 1 is 0.731 bits per heavy atom. The fourth-order valence-corrected chi connectivity index (χ4v) is 3.78. The molecule has 0 heterocycles. The van der Waals surface area contributed by atoms with Crippen LogP contribution < -0.4 is 9.80 Å². The van der Waals surface area contributed by atoms with Crippen LogP contribution in [0.2, 0.25) is 0 Å². The number of anilines is 2. The van der Waals surface area contributed by atoms with E-state index < -0.39 is 0 Å². The van der Waals surface area contributed by atoms with Gasteiger partial charge < -0.3 is 9.80 Å². The average Bonchev–Trinajstić information content (AvgIpc) is 2.70. The highest BCUT2D eigenvalue weighted by Gasteiger charge is 2.16. The zero-order valence-electron chi connectivity index (χ0n) is 16.2. The molecule has 0 saturated heterocycles. The van der Waals surface area contributed by atoms with Crippen LogP contribution in [0.5, 0.6) is 0 Å². The molecule has 0 aliphatic rings. The third kappa shape index (κ3) is 4.60. The summed E-state index contributed by atoms with van der Waals surface area (Å²) in [5, 5.41) is 0. The number of rotatable bonds is 8. The van der Waals surface area contributed by atoms with Gasteiger partial charge in [-0.3, -0.25) is 0 Å². The highest BCUT2D eigenvalue weighted by molar-refractivity contribution is 7.96. The molecule has 0 radical (unpaired) electrons. The lowest BCUT2D eigenvalue weighted by atomic mass is 10.1. The molecule has 0 fully saturated rings. The van der Waals surface area contributed by atoms with Gasteiger partial charge in [-0.25, -0.2) is 0 Å². The van der Waals surface area contributed by atoms with E-state index in [1.165, 1.54) is 11.4 Å². The van der Waals surface area contributed by atoms with E-state index in [9.17, 15) is 0 Å². The Morgan fingerprint density at radius 3 is 1.85 bits per heavy atom. The second-order valence-electron chi connectivity index (χ2n) is 6.11. The van der Waals surface area contributed by atoms with Crippen molar-refractivity contribution in [3.8, 4) is 0 Å². The van der Waals surface area contributed by atoms with E-state index in [0.717, 1.165) is 47.1 Å². The van der Waals surface area contributed by atoms with Gasteiger partial charge in [-0.2, -0.15) is 0 Å². The SMILES string of the molecule is CCN(CC)c1ccc(N(CC)CC)c(/C(S)=C(/S)c2ccccc2)c1. The van der Waals surface area contributed by atoms with Gasteiger partial charge in [0.15, 0.2) is 0 Å². The fraction of sp³-hybridized carbons (Fsp3) is 0.364. The largest absolute Gasteiger partial charge is 0.372 e. The summed E-state index contributed by atoms with van der Waals surface area (Å²) in [6.07, 6.45) is 0. The number of hydrogen-bond acceptors (Lipinski definition) is 4. The van der Waals surface area contributed by atoms with Crippen LogP contribution >= 0.6 is 25.3 Å². The summed E-state index contributed by atoms with van der Waals surface area (Å²) >= 11 is 9.70. The number of thiol groups is 2. The van der Waals surface area contributed by atoms with Crippen LogP contribution in [0.3, 0.4) is 0 Å². The Bertz CT molecular complexity index is 733. The number of benzene rings is 2. The normalized spacial score (nSPS) is 11.9. The van der Waals surface area contributed by atoms with Gasteiger partial charge in [0.05, 0.1) is 0 Å². The predicted molar refractivity (Wildman–Crippen MR) is 125 cm³/mol. The van der Waals surface area contributed by atoms with Crippen molar-refractivity contribution in [2.24, 2.45) is 0 Å². The van der Waals surface area contributed by atoms with Gasteiger partial charge in [-0.15, -0.1) is 25.3 Å². The highest BCUT2D eigenvalue weighted by atomic mass is 32.1. The van der Waals surface area contributed by atoms with Crippen LogP contribution in [0, 0.1) is 0 Å². The minimum atomic E-state index is 0.902. The molecule has 2 rings (SSSR count). The van der Waals surface area contributed by atoms with Crippen LogP contribution in [0.25, 0.3) is 9.81 Å². The first-order chi connectivity index (χ1) is 12.6. The molecule has 2 nitrogen and oxygen atoms in total. The first-order valence-corrected chi connectivity index (χ1v) is 10.3. The molecular formula is C22H30N2S2. The summed E-state index contributed by atoms with van der Waals surface area (Å²) in [5.74, 6) is 0. The zero-order chi connectivity index (χ0) is 19.1.